The van der Waals surface area contributed by atoms with Gasteiger partial charge in [0.25, 0.3) is 5.91 Å². The van der Waals surface area contributed by atoms with Crippen LogP contribution in [0.15, 0.2) is 22.7 Å². The van der Waals surface area contributed by atoms with E-state index < -0.39 is 0 Å². The lowest BCUT2D eigenvalue weighted by atomic mass is 10.1. The molecule has 0 aromatic heterocycles. The molecule has 1 saturated carbocycles. The third-order valence-corrected chi connectivity index (χ3v) is 5.27. The van der Waals surface area contributed by atoms with E-state index in [0.717, 1.165) is 20.9 Å². The van der Waals surface area contributed by atoms with Gasteiger partial charge in [0.1, 0.15) is 0 Å². The normalized spacial score (nSPS) is 23.1. The van der Waals surface area contributed by atoms with Crippen LogP contribution in [0, 0.1) is 9.49 Å². The number of carbonyl (C=O) groups excluding carboxylic acids is 1. The first-order chi connectivity index (χ1) is 8.58. The van der Waals surface area contributed by atoms with E-state index in [1.165, 1.54) is 6.42 Å². The molecule has 0 bridgehead atoms. The van der Waals surface area contributed by atoms with Gasteiger partial charge in [0.05, 0.1) is 5.56 Å². The summed E-state index contributed by atoms with van der Waals surface area (Å²) in [7, 11) is 0. The Kier molecular flexibility index (Phi) is 5.33. The Hall–Kier alpha value is 0.190. The van der Waals surface area contributed by atoms with E-state index in [9.17, 15) is 4.79 Å². The predicted octanol–water partition coefficient (Wildman–Crippen LogP) is 4.19. The number of hydrogen-bond acceptors (Lipinski definition) is 1. The Morgan fingerprint density at radius 2 is 2.28 bits per heavy atom. The summed E-state index contributed by atoms with van der Waals surface area (Å²) in [6.45, 7) is 0.676. The summed E-state index contributed by atoms with van der Waals surface area (Å²) in [5, 5.41) is 3.21. The summed E-state index contributed by atoms with van der Waals surface area (Å²) < 4.78 is 1.88. The molecule has 1 aromatic rings. The van der Waals surface area contributed by atoms with Gasteiger partial charge in [-0.1, -0.05) is 22.4 Å². The second-order valence-corrected chi connectivity index (χ2v) is 7.18. The molecule has 1 aliphatic rings. The molecule has 0 heterocycles. The lowest BCUT2D eigenvalue weighted by molar-refractivity contribution is 0.0946. The van der Waals surface area contributed by atoms with Gasteiger partial charge in [-0.25, -0.2) is 0 Å². The predicted molar refractivity (Wildman–Crippen MR) is 86.2 cm³/mol. The zero-order chi connectivity index (χ0) is 13.1. The van der Waals surface area contributed by atoms with Gasteiger partial charge in [0.2, 0.25) is 0 Å². The standard InChI is InChI=1S/C13H14BrClINO/c14-9-4-5-12(16)10(6-9)13(18)17-7-8-2-1-3-11(8)15/h4-6,8,11H,1-3,7H2,(H,17,18). The van der Waals surface area contributed by atoms with E-state index >= 15 is 0 Å². The van der Waals surface area contributed by atoms with Gasteiger partial charge in [-0.15, -0.1) is 11.6 Å². The maximum atomic E-state index is 12.1. The van der Waals surface area contributed by atoms with E-state index in [1.54, 1.807) is 0 Å². The largest absolute Gasteiger partial charge is 0.352 e. The molecular formula is C13H14BrClINO. The van der Waals surface area contributed by atoms with Crippen LogP contribution in [-0.4, -0.2) is 17.8 Å². The summed E-state index contributed by atoms with van der Waals surface area (Å²) in [5.74, 6) is 0.400. The smallest absolute Gasteiger partial charge is 0.252 e. The van der Waals surface area contributed by atoms with Gasteiger partial charge in [0, 0.05) is 20.0 Å². The number of carbonyl (C=O) groups is 1. The average Bonchev–Trinajstić information content (AvgIpc) is 2.75. The highest BCUT2D eigenvalue weighted by Crippen LogP contribution is 2.29. The third-order valence-electron chi connectivity index (χ3n) is 3.26. The first kappa shape index (κ1) is 14.6. The molecule has 98 valence electrons. The number of rotatable bonds is 3. The highest BCUT2D eigenvalue weighted by Gasteiger charge is 2.25. The average molecular weight is 443 g/mol. The maximum Gasteiger partial charge on any atom is 0.252 e. The van der Waals surface area contributed by atoms with Crippen molar-refractivity contribution in [2.75, 3.05) is 6.54 Å². The second kappa shape index (κ2) is 6.57. The molecule has 2 nitrogen and oxygen atoms in total. The molecule has 18 heavy (non-hydrogen) atoms. The molecule has 2 atom stereocenters. The first-order valence-electron chi connectivity index (χ1n) is 5.95. The summed E-state index contributed by atoms with van der Waals surface area (Å²) in [6.07, 6.45) is 3.35. The topological polar surface area (TPSA) is 29.1 Å². The second-order valence-electron chi connectivity index (χ2n) is 4.54. The molecule has 1 N–H and O–H groups in total. The van der Waals surface area contributed by atoms with Crippen LogP contribution in [-0.2, 0) is 0 Å². The molecule has 0 saturated heterocycles. The van der Waals surface area contributed by atoms with Crippen molar-refractivity contribution in [3.63, 3.8) is 0 Å². The molecule has 1 amide bonds. The third kappa shape index (κ3) is 3.61. The fraction of sp³-hybridized carbons (Fsp3) is 0.462. The van der Waals surface area contributed by atoms with Gasteiger partial charge in [-0.3, -0.25) is 4.79 Å². The van der Waals surface area contributed by atoms with Crippen molar-refractivity contribution in [2.45, 2.75) is 24.6 Å². The van der Waals surface area contributed by atoms with Crippen molar-refractivity contribution in [3.05, 3.63) is 31.8 Å². The number of benzene rings is 1. The Labute approximate surface area is 134 Å². The quantitative estimate of drug-likeness (QED) is 0.552. The van der Waals surface area contributed by atoms with E-state index in [-0.39, 0.29) is 11.3 Å². The minimum absolute atomic E-state index is 0.0172. The number of alkyl halides is 1. The highest BCUT2D eigenvalue weighted by molar-refractivity contribution is 14.1. The Morgan fingerprint density at radius 3 is 2.94 bits per heavy atom. The Morgan fingerprint density at radius 1 is 1.50 bits per heavy atom. The van der Waals surface area contributed by atoms with Crippen molar-refractivity contribution in [1.82, 2.24) is 5.32 Å². The van der Waals surface area contributed by atoms with Crippen molar-refractivity contribution in [3.8, 4) is 0 Å². The minimum atomic E-state index is -0.0172. The van der Waals surface area contributed by atoms with Crippen molar-refractivity contribution < 1.29 is 4.79 Å². The van der Waals surface area contributed by atoms with Gasteiger partial charge < -0.3 is 5.32 Å². The van der Waals surface area contributed by atoms with Crippen LogP contribution in [0.4, 0.5) is 0 Å². The van der Waals surface area contributed by atoms with Gasteiger partial charge in [-0.05, 0) is 59.5 Å². The Bertz CT molecular complexity index is 455. The van der Waals surface area contributed by atoms with Crippen LogP contribution < -0.4 is 5.32 Å². The molecule has 1 fully saturated rings. The van der Waals surface area contributed by atoms with Crippen molar-refractivity contribution >= 4 is 56.0 Å². The lowest BCUT2D eigenvalue weighted by Crippen LogP contribution is -2.31. The molecule has 0 aliphatic heterocycles. The molecule has 0 radical (unpaired) electrons. The van der Waals surface area contributed by atoms with Gasteiger partial charge in [0.15, 0.2) is 0 Å². The molecule has 2 rings (SSSR count). The monoisotopic (exact) mass is 441 g/mol. The summed E-state index contributed by atoms with van der Waals surface area (Å²) in [5.41, 5.74) is 0.717. The molecule has 2 unspecified atom stereocenters. The Balaban J connectivity index is 1.97. The molecule has 5 heteroatoms. The zero-order valence-electron chi connectivity index (χ0n) is 9.76. The molecule has 1 aliphatic carbocycles. The number of amides is 1. The van der Waals surface area contributed by atoms with Gasteiger partial charge >= 0.3 is 0 Å². The van der Waals surface area contributed by atoms with E-state index in [4.69, 9.17) is 11.6 Å². The summed E-state index contributed by atoms with van der Waals surface area (Å²) in [4.78, 5) is 12.1. The highest BCUT2D eigenvalue weighted by atomic mass is 127. The van der Waals surface area contributed by atoms with E-state index in [1.807, 2.05) is 18.2 Å². The maximum absolute atomic E-state index is 12.1. The number of halogens is 3. The fourth-order valence-electron chi connectivity index (χ4n) is 2.21. The van der Waals surface area contributed by atoms with Crippen LogP contribution in [0.3, 0.4) is 0 Å². The van der Waals surface area contributed by atoms with Crippen LogP contribution >= 0.6 is 50.1 Å². The number of hydrogen-bond donors (Lipinski definition) is 1. The fourth-order valence-corrected chi connectivity index (χ4v) is 3.52. The van der Waals surface area contributed by atoms with Crippen molar-refractivity contribution in [1.29, 1.82) is 0 Å². The van der Waals surface area contributed by atoms with Crippen LogP contribution in [0.5, 0.6) is 0 Å². The lowest BCUT2D eigenvalue weighted by Gasteiger charge is -2.15. The summed E-state index contributed by atoms with van der Waals surface area (Å²) >= 11 is 11.8. The molecule has 1 aromatic carbocycles. The van der Waals surface area contributed by atoms with Crippen LogP contribution in [0.1, 0.15) is 29.6 Å². The molecule has 0 spiro atoms. The minimum Gasteiger partial charge on any atom is -0.352 e. The van der Waals surface area contributed by atoms with Gasteiger partial charge in [-0.2, -0.15) is 0 Å². The SMILES string of the molecule is O=C(NCC1CCCC1Cl)c1cc(Br)ccc1I. The first-order valence-corrected chi connectivity index (χ1v) is 8.26. The molecular weight excluding hydrogens is 428 g/mol. The zero-order valence-corrected chi connectivity index (χ0v) is 14.3. The van der Waals surface area contributed by atoms with E-state index in [0.29, 0.717) is 18.0 Å². The number of nitrogens with one attached hydrogen (secondary N) is 1. The van der Waals surface area contributed by atoms with Crippen molar-refractivity contribution in [2.24, 2.45) is 5.92 Å². The van der Waals surface area contributed by atoms with Crippen LogP contribution in [0.25, 0.3) is 0 Å². The summed E-state index contributed by atoms with van der Waals surface area (Å²) in [6, 6.07) is 5.72. The van der Waals surface area contributed by atoms with E-state index in [2.05, 4.69) is 43.8 Å². The van der Waals surface area contributed by atoms with Crippen LogP contribution in [0.2, 0.25) is 0 Å².